The molecule has 1 aromatic rings. The summed E-state index contributed by atoms with van der Waals surface area (Å²) in [6.07, 6.45) is 2.87. The maximum absolute atomic E-state index is 13.0. The highest BCUT2D eigenvalue weighted by Crippen LogP contribution is 2.42. The average Bonchev–Trinajstić information content (AvgIpc) is 3.10. The summed E-state index contributed by atoms with van der Waals surface area (Å²) < 4.78 is 5.85. The number of benzene rings is 1. The molecule has 126 valence electrons. The van der Waals surface area contributed by atoms with Gasteiger partial charge < -0.3 is 14.7 Å². The van der Waals surface area contributed by atoms with Gasteiger partial charge in [0.05, 0.1) is 18.8 Å². The minimum atomic E-state index is -0.123. The highest BCUT2D eigenvalue weighted by atomic mass is 16.5. The van der Waals surface area contributed by atoms with Crippen LogP contribution in [0.4, 0.5) is 0 Å². The molecule has 0 spiro atoms. The first-order chi connectivity index (χ1) is 10.9. The smallest absolute Gasteiger partial charge is 0.257 e. The fourth-order valence-corrected chi connectivity index (χ4v) is 3.95. The zero-order valence-corrected chi connectivity index (χ0v) is 14.4. The lowest BCUT2D eigenvalue weighted by atomic mass is 9.83. The highest BCUT2D eigenvalue weighted by molar-refractivity contribution is 5.98. The van der Waals surface area contributed by atoms with Crippen LogP contribution in [0.15, 0.2) is 18.2 Å². The van der Waals surface area contributed by atoms with Crippen LogP contribution in [0.5, 0.6) is 5.75 Å². The third kappa shape index (κ3) is 2.74. The third-order valence-corrected chi connectivity index (χ3v) is 5.39. The number of carbonyl (C=O) groups is 1. The zero-order valence-electron chi connectivity index (χ0n) is 14.4. The van der Waals surface area contributed by atoms with E-state index in [4.69, 9.17) is 4.74 Å². The van der Waals surface area contributed by atoms with Gasteiger partial charge >= 0.3 is 0 Å². The largest absolute Gasteiger partial charge is 0.492 e. The van der Waals surface area contributed by atoms with E-state index in [0.29, 0.717) is 25.3 Å². The van der Waals surface area contributed by atoms with Gasteiger partial charge in [0, 0.05) is 29.5 Å². The summed E-state index contributed by atoms with van der Waals surface area (Å²) in [7, 11) is 0. The molecule has 2 aliphatic heterocycles. The number of rotatable bonds is 4. The lowest BCUT2D eigenvalue weighted by Crippen LogP contribution is -2.34. The highest BCUT2D eigenvalue weighted by Gasteiger charge is 2.41. The first-order valence-corrected chi connectivity index (χ1v) is 8.59. The van der Waals surface area contributed by atoms with Crippen LogP contribution in [0.3, 0.4) is 0 Å². The standard InChI is InChI=1S/C19H27NO3/c1-4-8-19(12-21)9-10-20(11-19)17(22)14-6-5-7-15-16(14)23-13-18(15,2)3/h5-7,21H,4,8-13H2,1-3H3. The molecule has 2 heterocycles. The van der Waals surface area contributed by atoms with E-state index >= 15 is 0 Å². The third-order valence-electron chi connectivity index (χ3n) is 5.39. The van der Waals surface area contributed by atoms with E-state index in [1.165, 1.54) is 0 Å². The Morgan fingerprint density at radius 2 is 2.17 bits per heavy atom. The molecular formula is C19H27NO3. The Kier molecular flexibility index (Phi) is 4.13. The Hall–Kier alpha value is -1.55. The van der Waals surface area contributed by atoms with Gasteiger partial charge in [0.25, 0.3) is 5.91 Å². The maximum Gasteiger partial charge on any atom is 0.257 e. The van der Waals surface area contributed by atoms with Crippen LogP contribution in [0, 0.1) is 5.41 Å². The summed E-state index contributed by atoms with van der Waals surface area (Å²) in [5.74, 6) is 0.783. The van der Waals surface area contributed by atoms with Gasteiger partial charge in [0.1, 0.15) is 5.75 Å². The van der Waals surface area contributed by atoms with Crippen molar-refractivity contribution in [2.75, 3.05) is 26.3 Å². The van der Waals surface area contributed by atoms with Crippen LogP contribution in [-0.2, 0) is 5.41 Å². The van der Waals surface area contributed by atoms with Crippen molar-refractivity contribution in [2.45, 2.75) is 45.4 Å². The number of hydrogen-bond donors (Lipinski definition) is 1. The van der Waals surface area contributed by atoms with Crippen molar-refractivity contribution in [1.29, 1.82) is 0 Å². The molecule has 0 aliphatic carbocycles. The summed E-state index contributed by atoms with van der Waals surface area (Å²) in [5, 5.41) is 9.78. The quantitative estimate of drug-likeness (QED) is 0.929. The number of aliphatic hydroxyl groups is 1. The fourth-order valence-electron chi connectivity index (χ4n) is 3.95. The lowest BCUT2D eigenvalue weighted by Gasteiger charge is -2.26. The summed E-state index contributed by atoms with van der Waals surface area (Å²) >= 11 is 0. The Labute approximate surface area is 138 Å². The molecule has 1 fully saturated rings. The predicted octanol–water partition coefficient (Wildman–Crippen LogP) is 2.98. The van der Waals surface area contributed by atoms with Crippen LogP contribution < -0.4 is 4.74 Å². The van der Waals surface area contributed by atoms with Crippen molar-refractivity contribution in [2.24, 2.45) is 5.41 Å². The summed E-state index contributed by atoms with van der Waals surface area (Å²) in [5.41, 5.74) is 1.61. The van der Waals surface area contributed by atoms with Crippen LogP contribution in [0.2, 0.25) is 0 Å². The number of fused-ring (bicyclic) bond motifs is 1. The molecule has 0 radical (unpaired) electrons. The van der Waals surface area contributed by atoms with Crippen molar-refractivity contribution < 1.29 is 14.6 Å². The number of nitrogens with zero attached hydrogens (tertiary/aromatic N) is 1. The summed E-state index contributed by atoms with van der Waals surface area (Å²) in [4.78, 5) is 14.9. The molecule has 1 amide bonds. The van der Waals surface area contributed by atoms with E-state index in [1.807, 2.05) is 17.0 Å². The monoisotopic (exact) mass is 317 g/mol. The summed E-state index contributed by atoms with van der Waals surface area (Å²) in [6.45, 7) is 8.53. The molecule has 23 heavy (non-hydrogen) atoms. The van der Waals surface area contributed by atoms with Crippen molar-refractivity contribution >= 4 is 5.91 Å². The minimum Gasteiger partial charge on any atom is -0.492 e. The molecule has 3 rings (SSSR count). The number of carbonyl (C=O) groups excluding carboxylic acids is 1. The first-order valence-electron chi connectivity index (χ1n) is 8.59. The molecule has 0 bridgehead atoms. The van der Waals surface area contributed by atoms with Crippen molar-refractivity contribution in [1.82, 2.24) is 4.90 Å². The molecule has 2 aliphatic rings. The fraction of sp³-hybridized carbons (Fsp3) is 0.632. The molecule has 4 heteroatoms. The lowest BCUT2D eigenvalue weighted by molar-refractivity contribution is 0.0726. The SMILES string of the molecule is CCCC1(CO)CCN(C(=O)c2cccc3c2OCC3(C)C)C1. The molecule has 1 atom stereocenters. The van der Waals surface area contributed by atoms with E-state index in [-0.39, 0.29) is 23.3 Å². The van der Waals surface area contributed by atoms with E-state index in [0.717, 1.165) is 30.6 Å². The van der Waals surface area contributed by atoms with Crippen molar-refractivity contribution in [3.63, 3.8) is 0 Å². The molecule has 1 saturated heterocycles. The average molecular weight is 317 g/mol. The predicted molar refractivity (Wildman–Crippen MR) is 89.9 cm³/mol. The topological polar surface area (TPSA) is 49.8 Å². The van der Waals surface area contributed by atoms with E-state index in [1.54, 1.807) is 0 Å². The molecular weight excluding hydrogens is 290 g/mol. The Morgan fingerprint density at radius 3 is 2.87 bits per heavy atom. The Morgan fingerprint density at radius 1 is 1.39 bits per heavy atom. The van der Waals surface area contributed by atoms with Gasteiger partial charge in [0.15, 0.2) is 0 Å². The Bertz CT molecular complexity index is 611. The van der Waals surface area contributed by atoms with Crippen LogP contribution in [0.1, 0.15) is 56.0 Å². The molecule has 0 saturated carbocycles. The molecule has 4 nitrogen and oxygen atoms in total. The van der Waals surface area contributed by atoms with Gasteiger partial charge in [-0.2, -0.15) is 0 Å². The molecule has 1 unspecified atom stereocenters. The van der Waals surface area contributed by atoms with E-state index in [2.05, 4.69) is 26.8 Å². The molecule has 1 aromatic carbocycles. The second-order valence-electron chi connectivity index (χ2n) is 7.74. The number of ether oxygens (including phenoxy) is 1. The van der Waals surface area contributed by atoms with Crippen molar-refractivity contribution in [3.05, 3.63) is 29.3 Å². The maximum atomic E-state index is 13.0. The van der Waals surface area contributed by atoms with Gasteiger partial charge in [-0.3, -0.25) is 4.79 Å². The normalized spacial score (nSPS) is 25.3. The van der Waals surface area contributed by atoms with Gasteiger partial charge in [-0.15, -0.1) is 0 Å². The molecule has 0 aromatic heterocycles. The van der Waals surface area contributed by atoms with Gasteiger partial charge in [-0.05, 0) is 18.9 Å². The van der Waals surface area contributed by atoms with Crippen LogP contribution in [0.25, 0.3) is 0 Å². The number of amides is 1. The van der Waals surface area contributed by atoms with Crippen LogP contribution in [-0.4, -0.2) is 42.2 Å². The number of para-hydroxylation sites is 1. The van der Waals surface area contributed by atoms with Gasteiger partial charge in [-0.25, -0.2) is 0 Å². The Balaban J connectivity index is 1.85. The van der Waals surface area contributed by atoms with Crippen LogP contribution >= 0.6 is 0 Å². The zero-order chi connectivity index (χ0) is 16.7. The number of hydrogen-bond acceptors (Lipinski definition) is 3. The van der Waals surface area contributed by atoms with Gasteiger partial charge in [0.2, 0.25) is 0 Å². The first kappa shape index (κ1) is 16.3. The number of likely N-dealkylation sites (tertiary alicyclic amines) is 1. The van der Waals surface area contributed by atoms with Crippen molar-refractivity contribution in [3.8, 4) is 5.75 Å². The van der Waals surface area contributed by atoms with E-state index < -0.39 is 0 Å². The van der Waals surface area contributed by atoms with Gasteiger partial charge in [-0.1, -0.05) is 39.3 Å². The molecule has 1 N–H and O–H groups in total. The second kappa shape index (κ2) is 5.82. The van der Waals surface area contributed by atoms with E-state index in [9.17, 15) is 9.90 Å². The number of aliphatic hydroxyl groups excluding tert-OH is 1. The second-order valence-corrected chi connectivity index (χ2v) is 7.74. The minimum absolute atomic E-state index is 0.0333. The summed E-state index contributed by atoms with van der Waals surface area (Å²) in [6, 6.07) is 5.86.